The van der Waals surface area contributed by atoms with Gasteiger partial charge in [-0.25, -0.2) is 0 Å². The Bertz CT molecular complexity index is 971. The van der Waals surface area contributed by atoms with E-state index in [4.69, 9.17) is 0 Å². The van der Waals surface area contributed by atoms with Crippen LogP contribution in [0.4, 0.5) is 0 Å². The van der Waals surface area contributed by atoms with Gasteiger partial charge in [0.15, 0.2) is 0 Å². The molecule has 0 aliphatic carbocycles. The van der Waals surface area contributed by atoms with E-state index in [1.54, 1.807) is 0 Å². The second kappa shape index (κ2) is 60.3. The Kier molecular flexibility index (Phi) is 59.3. The lowest BCUT2D eigenvalue weighted by Gasteiger charge is -2.32. The van der Waals surface area contributed by atoms with E-state index in [2.05, 4.69) is 57.0 Å². The van der Waals surface area contributed by atoms with Crippen molar-refractivity contribution in [2.75, 3.05) is 0 Å². The summed E-state index contributed by atoms with van der Waals surface area (Å²) >= 11 is 0. The molecule has 0 saturated heterocycles. The van der Waals surface area contributed by atoms with Crippen LogP contribution in [0.3, 0.4) is 0 Å². The first-order valence-corrected chi connectivity index (χ1v) is 32.2. The highest BCUT2D eigenvalue weighted by molar-refractivity contribution is 5.00. The van der Waals surface area contributed by atoms with Crippen molar-refractivity contribution in [3.8, 4) is 0 Å². The Labute approximate surface area is 432 Å². The molecule has 0 rings (SSSR count). The average Bonchev–Trinajstić information content (AvgIpc) is 3.35. The van der Waals surface area contributed by atoms with E-state index >= 15 is 0 Å². The Hall–Kier alpha value is -1.04. The molecular weight excluding hydrogens is 817 g/mol. The minimum absolute atomic E-state index is 0.460. The van der Waals surface area contributed by atoms with Gasteiger partial charge in [-0.2, -0.15) is 0 Å². The first kappa shape index (κ1) is 67.0. The molecule has 0 aliphatic heterocycles. The third-order valence-electron chi connectivity index (χ3n) is 15.9. The molecule has 1 atom stereocenters. The first-order valence-electron chi connectivity index (χ1n) is 32.2. The fourth-order valence-electron chi connectivity index (χ4n) is 11.2. The Balaban J connectivity index is 4.94. The monoisotopic (exact) mass is 947 g/mol. The zero-order chi connectivity index (χ0) is 49.0. The number of unbranched alkanes of at least 4 members (excludes halogenated alkanes) is 51. The van der Waals surface area contributed by atoms with Gasteiger partial charge < -0.3 is 0 Å². The summed E-state index contributed by atoms with van der Waals surface area (Å²) in [7, 11) is 0. The van der Waals surface area contributed by atoms with Crippen LogP contribution in [0.5, 0.6) is 0 Å². The molecule has 0 aromatic heterocycles. The van der Waals surface area contributed by atoms with E-state index < -0.39 is 0 Å². The maximum absolute atomic E-state index is 3.88. The molecule has 0 aromatic rings. The zero-order valence-corrected chi connectivity index (χ0v) is 47.5. The van der Waals surface area contributed by atoms with Crippen molar-refractivity contribution in [1.29, 1.82) is 0 Å². The van der Waals surface area contributed by atoms with Crippen LogP contribution < -0.4 is 0 Å². The molecule has 0 heteroatoms. The van der Waals surface area contributed by atoms with Crippen molar-refractivity contribution in [2.24, 2.45) is 5.41 Å². The van der Waals surface area contributed by atoms with Crippen molar-refractivity contribution in [3.63, 3.8) is 0 Å². The van der Waals surface area contributed by atoms with Crippen molar-refractivity contribution in [3.05, 3.63) is 50.1 Å². The summed E-state index contributed by atoms with van der Waals surface area (Å²) in [6.07, 6.45) is 94.9. The van der Waals surface area contributed by atoms with E-state index in [0.29, 0.717) is 5.41 Å². The van der Waals surface area contributed by atoms with Gasteiger partial charge in [0.25, 0.3) is 0 Å². The second-order valence-electron chi connectivity index (χ2n) is 22.7. The molecule has 0 radical (unpaired) electrons. The molecule has 0 fully saturated rings. The smallest absolute Gasteiger partial charge is 0.0118 e. The van der Waals surface area contributed by atoms with Gasteiger partial charge in [-0.1, -0.05) is 339 Å². The summed E-state index contributed by atoms with van der Waals surface area (Å²) in [5.41, 5.74) is 0.460. The van der Waals surface area contributed by atoms with Crippen LogP contribution in [0.25, 0.3) is 0 Å². The molecule has 0 aromatic carbocycles. The van der Waals surface area contributed by atoms with E-state index in [0.717, 1.165) is 0 Å². The molecule has 402 valence electrons. The van der Waals surface area contributed by atoms with E-state index in [-0.39, 0.29) is 0 Å². The molecule has 1 unspecified atom stereocenters. The molecule has 0 aliphatic rings. The normalized spacial score (nSPS) is 12.6. The first-order chi connectivity index (χ1) is 33.7. The van der Waals surface area contributed by atoms with E-state index in [9.17, 15) is 0 Å². The van der Waals surface area contributed by atoms with Crippen molar-refractivity contribution in [2.45, 2.75) is 379 Å². The summed E-state index contributed by atoms with van der Waals surface area (Å²) in [6.45, 7) is 13.9. The van der Waals surface area contributed by atoms with Crippen LogP contribution in [-0.4, -0.2) is 0 Å². The summed E-state index contributed by atoms with van der Waals surface area (Å²) < 4.78 is 0. The van der Waals surface area contributed by atoms with Gasteiger partial charge in [0.2, 0.25) is 0 Å². The SMILES string of the molecule is C=CCCCCCCCCCCCCCCCCCCC(C=CCCCCCCCCCCC)(CCCCCCCCCCCCCCC=C)CCCCCCCCCCCCCCCCC=C. The van der Waals surface area contributed by atoms with Gasteiger partial charge in [0, 0.05) is 0 Å². The minimum Gasteiger partial charge on any atom is -0.103 e. The quantitative estimate of drug-likeness (QED) is 0.0421. The predicted molar refractivity (Wildman–Crippen MR) is 316 cm³/mol. The summed E-state index contributed by atoms with van der Waals surface area (Å²) in [5, 5.41) is 0. The highest BCUT2D eigenvalue weighted by Crippen LogP contribution is 2.39. The fraction of sp³-hybridized carbons (Fsp3) is 0.882. The molecule has 68 heavy (non-hydrogen) atoms. The second-order valence-corrected chi connectivity index (χ2v) is 22.7. The van der Waals surface area contributed by atoms with Crippen LogP contribution in [0.15, 0.2) is 50.1 Å². The van der Waals surface area contributed by atoms with Crippen molar-refractivity contribution in [1.82, 2.24) is 0 Å². The topological polar surface area (TPSA) is 0 Å². The molecule has 0 N–H and O–H groups in total. The Morgan fingerprint density at radius 2 is 0.397 bits per heavy atom. The standard InChI is InChI=1S/C68H130/c1-5-9-13-17-21-25-29-32-35-37-38-40-43-47-51-55-59-63-67-68(64-60-56-52-48-44-28-24-20-16-12-8-4,65-61-57-53-49-45-41-34-31-27-23-19-15-11-7-3)66-62-58-54-50-46-42-39-36-33-30-26-22-18-14-10-6-2/h5-7,60,64H,1-3,8-59,61-63,65-67H2,4H3. The van der Waals surface area contributed by atoms with Crippen LogP contribution in [0, 0.1) is 5.41 Å². The molecule has 0 bridgehead atoms. The Morgan fingerprint density at radius 1 is 0.221 bits per heavy atom. The molecular formula is C68H130. The summed E-state index contributed by atoms with van der Waals surface area (Å²) in [4.78, 5) is 0. The van der Waals surface area contributed by atoms with E-state index in [1.165, 1.54) is 372 Å². The number of rotatable bonds is 62. The van der Waals surface area contributed by atoms with Crippen LogP contribution in [0.2, 0.25) is 0 Å². The van der Waals surface area contributed by atoms with Gasteiger partial charge >= 0.3 is 0 Å². The van der Waals surface area contributed by atoms with Crippen molar-refractivity contribution >= 4 is 0 Å². The van der Waals surface area contributed by atoms with Gasteiger partial charge in [0.05, 0.1) is 0 Å². The lowest BCUT2D eigenvalue weighted by atomic mass is 9.73. The highest BCUT2D eigenvalue weighted by atomic mass is 14.3. The van der Waals surface area contributed by atoms with Crippen molar-refractivity contribution < 1.29 is 0 Å². The van der Waals surface area contributed by atoms with Gasteiger partial charge in [-0.3, -0.25) is 0 Å². The average molecular weight is 948 g/mol. The maximum atomic E-state index is 3.88. The zero-order valence-electron chi connectivity index (χ0n) is 47.5. The lowest BCUT2D eigenvalue weighted by molar-refractivity contribution is 0.263. The van der Waals surface area contributed by atoms with Crippen LogP contribution in [-0.2, 0) is 0 Å². The number of hydrogen-bond donors (Lipinski definition) is 0. The third-order valence-corrected chi connectivity index (χ3v) is 15.9. The van der Waals surface area contributed by atoms with Gasteiger partial charge in [0.1, 0.15) is 0 Å². The van der Waals surface area contributed by atoms with Gasteiger partial charge in [-0.05, 0) is 76.0 Å². The predicted octanol–water partition coefficient (Wildman–Crippen LogP) is 25.7. The fourth-order valence-corrected chi connectivity index (χ4v) is 11.2. The highest BCUT2D eigenvalue weighted by Gasteiger charge is 2.25. The third kappa shape index (κ3) is 54.3. The summed E-state index contributed by atoms with van der Waals surface area (Å²) in [6, 6.07) is 0. The molecule has 0 heterocycles. The number of allylic oxidation sites excluding steroid dienone is 5. The van der Waals surface area contributed by atoms with Crippen LogP contribution >= 0.6 is 0 Å². The number of hydrogen-bond acceptors (Lipinski definition) is 0. The van der Waals surface area contributed by atoms with Crippen LogP contribution in [0.1, 0.15) is 379 Å². The Morgan fingerprint density at radius 3 is 0.603 bits per heavy atom. The van der Waals surface area contributed by atoms with Gasteiger partial charge in [-0.15, -0.1) is 19.7 Å². The molecule has 0 saturated carbocycles. The van der Waals surface area contributed by atoms with E-state index in [1.807, 2.05) is 0 Å². The molecule has 0 nitrogen and oxygen atoms in total. The molecule has 0 amide bonds. The molecule has 0 spiro atoms. The maximum Gasteiger partial charge on any atom is -0.0118 e. The summed E-state index contributed by atoms with van der Waals surface area (Å²) in [5.74, 6) is 0. The minimum atomic E-state index is 0.460. The lowest BCUT2D eigenvalue weighted by Crippen LogP contribution is -2.19. The largest absolute Gasteiger partial charge is 0.103 e.